The summed E-state index contributed by atoms with van der Waals surface area (Å²) in [7, 11) is -5.12. The molecule has 1 saturated carbocycles. The molecule has 0 amide bonds. The standard InChI is InChI=1S/C56H105O13P/c1-3-5-7-9-11-13-15-17-19-21-23-24-25-27-28-30-32-34-36-38-40-42-44-49(57)66-46-48(47-67-70(64,65)69-56-54(62)52(60)51(59)53(61)55(56)63)68-50(58)45-43-41-39-37-35-33-31-29-26-22-20-18-16-14-12-10-8-6-4-2/h12,14,18,20,48,51-56,59-63H,3-11,13,15-17,19,21-47H2,1-2H3,(H,64,65)/b14-12+,20-18+/t48-,51?,52-,53?,54?,55?,56?/m0/s1. The fraction of sp³-hybridized carbons (Fsp3) is 0.893. The van der Waals surface area contributed by atoms with Crippen molar-refractivity contribution in [2.24, 2.45) is 0 Å². The van der Waals surface area contributed by atoms with E-state index in [1.54, 1.807) is 0 Å². The summed E-state index contributed by atoms with van der Waals surface area (Å²) in [5.74, 6) is -1.09. The number of hydrogen-bond acceptors (Lipinski definition) is 12. The summed E-state index contributed by atoms with van der Waals surface area (Å²) < 4.78 is 33.7. The maximum absolute atomic E-state index is 12.9. The van der Waals surface area contributed by atoms with E-state index in [9.17, 15) is 44.6 Å². The molecule has 13 nitrogen and oxygen atoms in total. The molecule has 1 aliphatic rings. The van der Waals surface area contributed by atoms with Gasteiger partial charge in [-0.05, 0) is 44.9 Å². The Morgan fingerprint density at radius 3 is 1.19 bits per heavy atom. The van der Waals surface area contributed by atoms with Gasteiger partial charge in [0.05, 0.1) is 6.61 Å². The Morgan fingerprint density at radius 2 is 0.771 bits per heavy atom. The van der Waals surface area contributed by atoms with Gasteiger partial charge in [-0.3, -0.25) is 18.6 Å². The number of aliphatic hydroxyl groups is 5. The number of rotatable bonds is 49. The van der Waals surface area contributed by atoms with Gasteiger partial charge in [0.15, 0.2) is 6.10 Å². The topological polar surface area (TPSA) is 210 Å². The second kappa shape index (κ2) is 45.9. The Morgan fingerprint density at radius 1 is 0.443 bits per heavy atom. The summed E-state index contributed by atoms with van der Waals surface area (Å²) in [5, 5.41) is 50.4. The summed E-state index contributed by atoms with van der Waals surface area (Å²) in [4.78, 5) is 36.0. The Labute approximate surface area is 426 Å². The van der Waals surface area contributed by atoms with Gasteiger partial charge < -0.3 is 39.9 Å². The van der Waals surface area contributed by atoms with Gasteiger partial charge in [-0.25, -0.2) is 4.57 Å². The van der Waals surface area contributed by atoms with Gasteiger partial charge >= 0.3 is 19.8 Å². The zero-order valence-electron chi connectivity index (χ0n) is 44.3. The molecule has 70 heavy (non-hydrogen) atoms. The lowest BCUT2D eigenvalue weighted by atomic mass is 9.85. The van der Waals surface area contributed by atoms with Gasteiger partial charge in [0.25, 0.3) is 0 Å². The highest BCUT2D eigenvalue weighted by Crippen LogP contribution is 2.47. The van der Waals surface area contributed by atoms with Crippen LogP contribution in [0.15, 0.2) is 24.3 Å². The summed E-state index contributed by atoms with van der Waals surface area (Å²) >= 11 is 0. The molecule has 6 unspecified atom stereocenters. The molecule has 412 valence electrons. The Kier molecular flexibility index (Phi) is 43.5. The molecule has 0 spiro atoms. The molecule has 14 heteroatoms. The average molecular weight is 1020 g/mol. The van der Waals surface area contributed by atoms with Crippen molar-refractivity contribution in [3.8, 4) is 0 Å². The second-order valence-corrected chi connectivity index (χ2v) is 21.6. The maximum atomic E-state index is 12.9. The molecule has 0 saturated heterocycles. The number of phosphoric acid groups is 1. The average Bonchev–Trinajstić information content (AvgIpc) is 3.34. The van der Waals surface area contributed by atoms with Crippen molar-refractivity contribution in [1.29, 1.82) is 0 Å². The summed E-state index contributed by atoms with van der Waals surface area (Å²) in [6, 6.07) is 0. The quantitative estimate of drug-likeness (QED) is 0.0145. The third-order valence-electron chi connectivity index (χ3n) is 13.5. The van der Waals surface area contributed by atoms with Crippen molar-refractivity contribution in [1.82, 2.24) is 0 Å². The van der Waals surface area contributed by atoms with Crippen molar-refractivity contribution in [2.45, 2.75) is 307 Å². The lowest BCUT2D eigenvalue weighted by Crippen LogP contribution is -2.64. The Hall–Kier alpha value is -1.67. The van der Waals surface area contributed by atoms with Crippen molar-refractivity contribution < 1.29 is 63.1 Å². The molecule has 1 rings (SSSR count). The zero-order valence-corrected chi connectivity index (χ0v) is 45.2. The van der Waals surface area contributed by atoms with Crippen LogP contribution in [0.1, 0.15) is 264 Å². The van der Waals surface area contributed by atoms with Crippen LogP contribution in [-0.4, -0.2) is 98.3 Å². The molecular formula is C56H105O13P. The van der Waals surface area contributed by atoms with Crippen LogP contribution in [0, 0.1) is 0 Å². The predicted octanol–water partition coefficient (Wildman–Crippen LogP) is 13.1. The lowest BCUT2D eigenvalue weighted by Gasteiger charge is -2.41. The molecule has 0 aliphatic heterocycles. The predicted molar refractivity (Wildman–Crippen MR) is 281 cm³/mol. The number of esters is 2. The number of ether oxygens (including phenoxy) is 2. The number of unbranched alkanes of at least 4 members (excludes halogenated alkanes) is 33. The summed E-state index contributed by atoms with van der Waals surface area (Å²) in [6.45, 7) is 3.33. The molecule has 0 bridgehead atoms. The van der Waals surface area contributed by atoms with Crippen molar-refractivity contribution in [3.63, 3.8) is 0 Å². The fourth-order valence-corrected chi connectivity index (χ4v) is 9.94. The molecule has 0 aromatic heterocycles. The molecule has 6 N–H and O–H groups in total. The first-order valence-corrected chi connectivity index (χ1v) is 30.1. The van der Waals surface area contributed by atoms with E-state index < -0.39 is 75.7 Å². The maximum Gasteiger partial charge on any atom is 0.472 e. The second-order valence-electron chi connectivity index (χ2n) is 20.2. The Bertz CT molecular complexity index is 1310. The smallest absolute Gasteiger partial charge is 0.462 e. The molecule has 1 aliphatic carbocycles. The third-order valence-corrected chi connectivity index (χ3v) is 14.5. The summed E-state index contributed by atoms with van der Waals surface area (Å²) in [5.41, 5.74) is 0. The molecular weight excluding hydrogens is 912 g/mol. The van der Waals surface area contributed by atoms with Crippen molar-refractivity contribution in [2.75, 3.05) is 13.2 Å². The molecule has 0 radical (unpaired) electrons. The number of hydrogen-bond donors (Lipinski definition) is 6. The zero-order chi connectivity index (χ0) is 51.3. The van der Waals surface area contributed by atoms with Crippen LogP contribution in [-0.2, 0) is 32.7 Å². The first kappa shape index (κ1) is 66.3. The van der Waals surface area contributed by atoms with Crippen molar-refractivity contribution in [3.05, 3.63) is 24.3 Å². The molecule has 0 aromatic carbocycles. The molecule has 0 aromatic rings. The lowest BCUT2D eigenvalue weighted by molar-refractivity contribution is -0.220. The van der Waals surface area contributed by atoms with E-state index in [0.29, 0.717) is 12.8 Å². The first-order valence-electron chi connectivity index (χ1n) is 28.6. The third kappa shape index (κ3) is 37.1. The van der Waals surface area contributed by atoms with Crippen LogP contribution in [0.2, 0.25) is 0 Å². The highest BCUT2D eigenvalue weighted by molar-refractivity contribution is 7.47. The minimum atomic E-state index is -5.12. The van der Waals surface area contributed by atoms with Gasteiger partial charge in [-0.2, -0.15) is 0 Å². The van der Waals surface area contributed by atoms with E-state index in [-0.39, 0.29) is 12.8 Å². The van der Waals surface area contributed by atoms with Crippen LogP contribution in [0.5, 0.6) is 0 Å². The van der Waals surface area contributed by atoms with E-state index in [2.05, 4.69) is 38.2 Å². The van der Waals surface area contributed by atoms with E-state index in [0.717, 1.165) is 57.8 Å². The Balaban J connectivity index is 2.33. The van der Waals surface area contributed by atoms with Crippen LogP contribution in [0.4, 0.5) is 0 Å². The monoisotopic (exact) mass is 1020 g/mol. The number of aliphatic hydroxyl groups excluding tert-OH is 5. The van der Waals surface area contributed by atoms with Crippen LogP contribution < -0.4 is 0 Å². The number of carbonyl (C=O) groups excluding carboxylic acids is 2. The SMILES string of the molecule is CCCCC/C=C/C/C=C/CCCCCCCCCCCC(=O)O[C@@H](COC(=O)CCCCCCCCCCCCCCCCCCCCCCCC)COP(=O)(O)OC1C(O)C(O)C(O)[C@H](O)C1O. The van der Waals surface area contributed by atoms with Crippen molar-refractivity contribution >= 4 is 19.8 Å². The minimum Gasteiger partial charge on any atom is -0.462 e. The van der Waals surface area contributed by atoms with E-state index in [1.807, 2.05) is 0 Å². The van der Waals surface area contributed by atoms with Gasteiger partial charge in [0, 0.05) is 12.8 Å². The normalized spacial score (nSPS) is 20.9. The van der Waals surface area contributed by atoms with Gasteiger partial charge in [-0.1, -0.05) is 231 Å². The van der Waals surface area contributed by atoms with Crippen LogP contribution in [0.25, 0.3) is 0 Å². The van der Waals surface area contributed by atoms with E-state index in [4.69, 9.17) is 18.5 Å². The van der Waals surface area contributed by atoms with E-state index >= 15 is 0 Å². The fourth-order valence-electron chi connectivity index (χ4n) is 8.97. The number of phosphoric ester groups is 1. The molecule has 0 heterocycles. The first-order chi connectivity index (χ1) is 33.9. The largest absolute Gasteiger partial charge is 0.472 e. The van der Waals surface area contributed by atoms with Gasteiger partial charge in [0.2, 0.25) is 0 Å². The highest BCUT2D eigenvalue weighted by Gasteiger charge is 2.51. The molecule has 1 fully saturated rings. The van der Waals surface area contributed by atoms with E-state index in [1.165, 1.54) is 167 Å². The highest BCUT2D eigenvalue weighted by atomic mass is 31.2. The molecule has 8 atom stereocenters. The van der Waals surface area contributed by atoms with Gasteiger partial charge in [0.1, 0.15) is 43.2 Å². The van der Waals surface area contributed by atoms with Gasteiger partial charge in [-0.15, -0.1) is 0 Å². The van der Waals surface area contributed by atoms with Crippen LogP contribution >= 0.6 is 7.82 Å². The minimum absolute atomic E-state index is 0.0952. The van der Waals surface area contributed by atoms with Crippen LogP contribution in [0.3, 0.4) is 0 Å². The number of allylic oxidation sites excluding steroid dienone is 4. The number of carbonyl (C=O) groups is 2. The summed E-state index contributed by atoms with van der Waals surface area (Å²) in [6.07, 6.45) is 40.8.